The van der Waals surface area contributed by atoms with Crippen molar-refractivity contribution < 1.29 is 8.42 Å². The van der Waals surface area contributed by atoms with Gasteiger partial charge >= 0.3 is 0 Å². The highest BCUT2D eigenvalue weighted by atomic mass is 32.2. The van der Waals surface area contributed by atoms with E-state index in [1.807, 2.05) is 38.1 Å². The normalized spacial score (nSPS) is 15.6. The van der Waals surface area contributed by atoms with E-state index in [1.54, 1.807) is 0 Å². The molecule has 0 aromatic heterocycles. The molecule has 0 amide bonds. The summed E-state index contributed by atoms with van der Waals surface area (Å²) in [6.07, 6.45) is 5.48. The summed E-state index contributed by atoms with van der Waals surface area (Å²) in [7, 11) is -3.39. The van der Waals surface area contributed by atoms with E-state index >= 15 is 0 Å². The summed E-state index contributed by atoms with van der Waals surface area (Å²) in [5.41, 5.74) is 5.76. The molecule has 0 saturated carbocycles. The van der Waals surface area contributed by atoms with Gasteiger partial charge in [-0.25, -0.2) is 13.1 Å². The van der Waals surface area contributed by atoms with Crippen molar-refractivity contribution in [3.05, 3.63) is 70.3 Å². The number of fused-ring (bicyclic) bond motifs is 1. The van der Waals surface area contributed by atoms with Crippen LogP contribution in [0.1, 0.15) is 60.0 Å². The molecule has 2 aromatic carbocycles. The second-order valence-electron chi connectivity index (χ2n) is 7.00. The van der Waals surface area contributed by atoms with Gasteiger partial charge in [0, 0.05) is 6.04 Å². The molecule has 25 heavy (non-hydrogen) atoms. The molecule has 0 radical (unpaired) electrons. The first-order valence-electron chi connectivity index (χ1n) is 9.14. The summed E-state index contributed by atoms with van der Waals surface area (Å²) in [4.78, 5) is 0. The fourth-order valence-corrected chi connectivity index (χ4v) is 5.15. The van der Waals surface area contributed by atoms with Gasteiger partial charge in [-0.2, -0.15) is 0 Å². The summed E-state index contributed by atoms with van der Waals surface area (Å²) in [5, 5.41) is 0. The first-order valence-corrected chi connectivity index (χ1v) is 10.8. The van der Waals surface area contributed by atoms with Crippen LogP contribution in [0, 0.1) is 6.92 Å². The van der Waals surface area contributed by atoms with Gasteiger partial charge in [0.2, 0.25) is 10.0 Å². The van der Waals surface area contributed by atoms with Gasteiger partial charge in [0.15, 0.2) is 0 Å². The lowest BCUT2D eigenvalue weighted by atomic mass is 9.89. The van der Waals surface area contributed by atoms with Crippen LogP contribution >= 0.6 is 0 Å². The number of sulfonamides is 1. The molecular weight excluding hydrogens is 330 g/mol. The maximum atomic E-state index is 12.7. The highest BCUT2D eigenvalue weighted by molar-refractivity contribution is 7.88. The molecule has 0 bridgehead atoms. The van der Waals surface area contributed by atoms with Gasteiger partial charge < -0.3 is 0 Å². The fourth-order valence-electron chi connectivity index (χ4n) is 3.59. The first kappa shape index (κ1) is 18.2. The standard InChI is InChI=1S/C21H27NO2S/c1-3-21(19-13-12-17-9-6-7-10-18(17)14-19)22-25(23,24)15-20-11-5-4-8-16(20)2/h4-5,8,11-14,21-22H,3,6-7,9-10,15H2,1-2H3. The molecule has 1 aliphatic rings. The molecule has 3 rings (SSSR count). The van der Waals surface area contributed by atoms with Crippen molar-refractivity contribution in [2.24, 2.45) is 0 Å². The van der Waals surface area contributed by atoms with Crippen molar-refractivity contribution in [3.63, 3.8) is 0 Å². The molecule has 0 spiro atoms. The Balaban J connectivity index is 1.78. The van der Waals surface area contributed by atoms with Crippen molar-refractivity contribution in [1.82, 2.24) is 4.72 Å². The second kappa shape index (κ2) is 7.71. The Hall–Kier alpha value is -1.65. The minimum atomic E-state index is -3.39. The first-order chi connectivity index (χ1) is 12.0. The van der Waals surface area contributed by atoms with E-state index in [4.69, 9.17) is 0 Å². The van der Waals surface area contributed by atoms with E-state index in [9.17, 15) is 8.42 Å². The average molecular weight is 358 g/mol. The van der Waals surface area contributed by atoms with Crippen LogP contribution in [0.4, 0.5) is 0 Å². The van der Waals surface area contributed by atoms with Crippen molar-refractivity contribution in [3.8, 4) is 0 Å². The third-order valence-corrected chi connectivity index (χ3v) is 6.45. The van der Waals surface area contributed by atoms with E-state index in [0.29, 0.717) is 0 Å². The molecule has 1 unspecified atom stereocenters. The topological polar surface area (TPSA) is 46.2 Å². The summed E-state index contributed by atoms with van der Waals surface area (Å²) in [5.74, 6) is 0.0289. The zero-order chi connectivity index (χ0) is 17.9. The van der Waals surface area contributed by atoms with E-state index in [1.165, 1.54) is 24.0 Å². The Bertz CT molecular complexity index is 843. The Kier molecular flexibility index (Phi) is 5.60. The predicted octanol–water partition coefficient (Wildman–Crippen LogP) is 4.44. The molecule has 3 nitrogen and oxygen atoms in total. The van der Waals surface area contributed by atoms with Crippen LogP contribution in [0.25, 0.3) is 0 Å². The van der Waals surface area contributed by atoms with Gasteiger partial charge in [-0.05, 0) is 66.8 Å². The van der Waals surface area contributed by atoms with Gasteiger partial charge in [-0.1, -0.05) is 49.4 Å². The molecule has 0 heterocycles. The molecule has 1 aliphatic carbocycles. The number of benzene rings is 2. The smallest absolute Gasteiger partial charge is 0.212 e. The Morgan fingerprint density at radius 2 is 1.76 bits per heavy atom. The summed E-state index contributed by atoms with van der Waals surface area (Å²) in [6, 6.07) is 14.0. The summed E-state index contributed by atoms with van der Waals surface area (Å²) in [6.45, 7) is 3.98. The predicted molar refractivity (Wildman–Crippen MR) is 103 cm³/mol. The molecule has 0 saturated heterocycles. The lowest BCUT2D eigenvalue weighted by Gasteiger charge is -2.22. The molecule has 1 N–H and O–H groups in total. The molecule has 0 aliphatic heterocycles. The highest BCUT2D eigenvalue weighted by Gasteiger charge is 2.20. The molecule has 0 fully saturated rings. The minimum absolute atomic E-state index is 0.0289. The number of rotatable bonds is 6. The van der Waals surface area contributed by atoms with Crippen molar-refractivity contribution in [1.29, 1.82) is 0 Å². The van der Waals surface area contributed by atoms with Crippen LogP contribution in [0.15, 0.2) is 42.5 Å². The Morgan fingerprint density at radius 3 is 2.48 bits per heavy atom. The van der Waals surface area contributed by atoms with Gasteiger partial charge in [0.25, 0.3) is 0 Å². The van der Waals surface area contributed by atoms with Gasteiger partial charge in [-0.3, -0.25) is 0 Å². The van der Waals surface area contributed by atoms with Gasteiger partial charge in [0.1, 0.15) is 0 Å². The molecular formula is C21H27NO2S. The lowest BCUT2D eigenvalue weighted by molar-refractivity contribution is 0.548. The minimum Gasteiger partial charge on any atom is -0.212 e. The largest absolute Gasteiger partial charge is 0.216 e. The Morgan fingerprint density at radius 1 is 1.04 bits per heavy atom. The molecule has 2 aromatic rings. The maximum absolute atomic E-state index is 12.7. The highest BCUT2D eigenvalue weighted by Crippen LogP contribution is 2.26. The number of nitrogens with one attached hydrogen (secondary N) is 1. The van der Waals surface area contributed by atoms with E-state index in [0.717, 1.165) is 36.0 Å². The summed E-state index contributed by atoms with van der Waals surface area (Å²) < 4.78 is 28.3. The SMILES string of the molecule is CCC(NS(=O)(=O)Cc1ccccc1C)c1ccc2c(c1)CCCC2. The monoisotopic (exact) mass is 357 g/mol. The lowest BCUT2D eigenvalue weighted by Crippen LogP contribution is -2.29. The number of aryl methyl sites for hydroxylation is 3. The summed E-state index contributed by atoms with van der Waals surface area (Å²) >= 11 is 0. The van der Waals surface area contributed by atoms with Crippen LogP contribution in [-0.2, 0) is 28.6 Å². The van der Waals surface area contributed by atoms with Crippen molar-refractivity contribution in [2.75, 3.05) is 0 Å². The molecule has 1 atom stereocenters. The van der Waals surface area contributed by atoms with Crippen molar-refractivity contribution in [2.45, 2.75) is 57.7 Å². The van der Waals surface area contributed by atoms with Crippen LogP contribution in [-0.4, -0.2) is 8.42 Å². The van der Waals surface area contributed by atoms with Crippen LogP contribution in [0.5, 0.6) is 0 Å². The third-order valence-electron chi connectivity index (χ3n) is 5.11. The third kappa shape index (κ3) is 4.50. The fraction of sp³-hybridized carbons (Fsp3) is 0.429. The number of hydrogen-bond acceptors (Lipinski definition) is 2. The zero-order valence-corrected chi connectivity index (χ0v) is 15.9. The number of hydrogen-bond donors (Lipinski definition) is 1. The molecule has 4 heteroatoms. The second-order valence-corrected chi connectivity index (χ2v) is 8.75. The van der Waals surface area contributed by atoms with Gasteiger partial charge in [-0.15, -0.1) is 0 Å². The quantitative estimate of drug-likeness (QED) is 0.830. The van der Waals surface area contributed by atoms with Gasteiger partial charge in [0.05, 0.1) is 5.75 Å². The Labute approximate surface area is 151 Å². The van der Waals surface area contributed by atoms with Crippen molar-refractivity contribution >= 4 is 10.0 Å². The maximum Gasteiger partial charge on any atom is 0.216 e. The van der Waals surface area contributed by atoms with E-state index in [-0.39, 0.29) is 11.8 Å². The molecule has 134 valence electrons. The van der Waals surface area contributed by atoms with Crippen LogP contribution in [0.2, 0.25) is 0 Å². The average Bonchev–Trinajstić information content (AvgIpc) is 2.61. The van der Waals surface area contributed by atoms with Crippen LogP contribution < -0.4 is 4.72 Å². The zero-order valence-electron chi connectivity index (χ0n) is 15.1. The van der Waals surface area contributed by atoms with Crippen LogP contribution in [0.3, 0.4) is 0 Å². The van der Waals surface area contributed by atoms with E-state index in [2.05, 4.69) is 22.9 Å². The van der Waals surface area contributed by atoms with E-state index < -0.39 is 10.0 Å².